The molecule has 0 bridgehead atoms. The molecule has 3 heteroatoms. The third-order valence-corrected chi connectivity index (χ3v) is 2.78. The Balaban J connectivity index is 2.18. The van der Waals surface area contributed by atoms with Gasteiger partial charge < -0.3 is 15.4 Å². The Bertz CT molecular complexity index is 339. The highest BCUT2D eigenvalue weighted by Gasteiger charge is 1.97. The summed E-state index contributed by atoms with van der Waals surface area (Å²) in [6.07, 6.45) is 2.20. The van der Waals surface area contributed by atoms with E-state index in [9.17, 15) is 0 Å². The standard InChI is InChI=1S/C16H28N2O/c1-4-11-19-16-8-5-7-15(12-16)13-17-9-6-10-18-14(2)3/h5,7-8,12,14,17-18H,4,6,9-11,13H2,1-3H3. The lowest BCUT2D eigenvalue weighted by Crippen LogP contribution is -2.26. The molecule has 0 saturated heterocycles. The number of hydrogen-bond acceptors (Lipinski definition) is 3. The second-order valence-electron chi connectivity index (χ2n) is 5.14. The Morgan fingerprint density at radius 2 is 2.05 bits per heavy atom. The molecule has 0 unspecified atom stereocenters. The van der Waals surface area contributed by atoms with E-state index >= 15 is 0 Å². The molecule has 0 aliphatic rings. The monoisotopic (exact) mass is 264 g/mol. The van der Waals surface area contributed by atoms with Gasteiger partial charge in [-0.25, -0.2) is 0 Å². The zero-order valence-electron chi connectivity index (χ0n) is 12.5. The summed E-state index contributed by atoms with van der Waals surface area (Å²) in [5.41, 5.74) is 1.28. The summed E-state index contributed by atoms with van der Waals surface area (Å²) in [4.78, 5) is 0. The lowest BCUT2D eigenvalue weighted by molar-refractivity contribution is 0.317. The molecule has 0 aliphatic heterocycles. The summed E-state index contributed by atoms with van der Waals surface area (Å²) in [6.45, 7) is 10.3. The van der Waals surface area contributed by atoms with Crippen molar-refractivity contribution in [1.29, 1.82) is 0 Å². The van der Waals surface area contributed by atoms with Crippen molar-refractivity contribution in [2.45, 2.75) is 46.2 Å². The summed E-state index contributed by atoms with van der Waals surface area (Å²) >= 11 is 0. The molecule has 2 N–H and O–H groups in total. The number of benzene rings is 1. The zero-order valence-corrected chi connectivity index (χ0v) is 12.5. The third kappa shape index (κ3) is 7.85. The van der Waals surface area contributed by atoms with Crippen LogP contribution in [0, 0.1) is 0 Å². The molecule has 1 aromatic carbocycles. The van der Waals surface area contributed by atoms with Crippen LogP contribution in [0.4, 0.5) is 0 Å². The fraction of sp³-hybridized carbons (Fsp3) is 0.625. The lowest BCUT2D eigenvalue weighted by atomic mass is 10.2. The van der Waals surface area contributed by atoms with E-state index in [1.54, 1.807) is 0 Å². The Morgan fingerprint density at radius 3 is 2.79 bits per heavy atom. The molecular weight excluding hydrogens is 236 g/mol. The second-order valence-corrected chi connectivity index (χ2v) is 5.14. The van der Waals surface area contributed by atoms with Crippen molar-refractivity contribution in [3.8, 4) is 5.75 Å². The van der Waals surface area contributed by atoms with E-state index in [4.69, 9.17) is 4.74 Å². The van der Waals surface area contributed by atoms with Gasteiger partial charge in [0.05, 0.1) is 6.61 Å². The van der Waals surface area contributed by atoms with Gasteiger partial charge >= 0.3 is 0 Å². The van der Waals surface area contributed by atoms with E-state index in [1.807, 2.05) is 6.07 Å². The van der Waals surface area contributed by atoms with Crippen molar-refractivity contribution in [3.05, 3.63) is 29.8 Å². The van der Waals surface area contributed by atoms with Crippen LogP contribution >= 0.6 is 0 Å². The molecule has 1 aromatic rings. The zero-order chi connectivity index (χ0) is 13.9. The van der Waals surface area contributed by atoms with Crippen molar-refractivity contribution in [1.82, 2.24) is 10.6 Å². The molecule has 0 atom stereocenters. The summed E-state index contributed by atoms with van der Waals surface area (Å²) in [7, 11) is 0. The number of ether oxygens (including phenoxy) is 1. The normalized spacial score (nSPS) is 10.9. The van der Waals surface area contributed by atoms with Gasteiger partial charge in [-0.2, -0.15) is 0 Å². The molecule has 0 fully saturated rings. The molecule has 0 saturated carbocycles. The van der Waals surface area contributed by atoms with Crippen molar-refractivity contribution in [3.63, 3.8) is 0 Å². The van der Waals surface area contributed by atoms with Crippen LogP contribution < -0.4 is 15.4 Å². The quantitative estimate of drug-likeness (QED) is 0.637. The molecule has 0 aromatic heterocycles. The molecule has 0 radical (unpaired) electrons. The topological polar surface area (TPSA) is 33.3 Å². The molecular formula is C16H28N2O. The van der Waals surface area contributed by atoms with E-state index < -0.39 is 0 Å². The maximum Gasteiger partial charge on any atom is 0.119 e. The van der Waals surface area contributed by atoms with Crippen LogP contribution in [0.2, 0.25) is 0 Å². The van der Waals surface area contributed by atoms with Gasteiger partial charge in [0, 0.05) is 12.6 Å². The summed E-state index contributed by atoms with van der Waals surface area (Å²) in [5, 5.41) is 6.88. The predicted octanol–water partition coefficient (Wildman–Crippen LogP) is 2.95. The summed E-state index contributed by atoms with van der Waals surface area (Å²) in [6, 6.07) is 8.91. The third-order valence-electron chi connectivity index (χ3n) is 2.78. The van der Waals surface area contributed by atoms with E-state index in [1.165, 1.54) is 5.56 Å². The molecule has 1 rings (SSSR count). The average molecular weight is 264 g/mol. The first-order valence-corrected chi connectivity index (χ1v) is 7.38. The number of nitrogens with one attached hydrogen (secondary N) is 2. The largest absolute Gasteiger partial charge is 0.494 e. The number of rotatable bonds is 10. The van der Waals surface area contributed by atoms with Crippen molar-refractivity contribution in [2.24, 2.45) is 0 Å². The Hall–Kier alpha value is -1.06. The van der Waals surface area contributed by atoms with Gasteiger partial charge in [-0.3, -0.25) is 0 Å². The first kappa shape index (κ1) is 16.0. The van der Waals surface area contributed by atoms with E-state index in [2.05, 4.69) is 49.6 Å². The van der Waals surface area contributed by atoms with Crippen LogP contribution in [-0.2, 0) is 6.54 Å². The molecule has 0 aliphatic carbocycles. The van der Waals surface area contributed by atoms with Gasteiger partial charge in [0.1, 0.15) is 5.75 Å². The summed E-state index contributed by atoms with van der Waals surface area (Å²) < 4.78 is 5.63. The van der Waals surface area contributed by atoms with Crippen molar-refractivity contribution >= 4 is 0 Å². The molecule has 0 heterocycles. The van der Waals surface area contributed by atoms with Crippen molar-refractivity contribution < 1.29 is 4.74 Å². The van der Waals surface area contributed by atoms with Crippen LogP contribution in [0.5, 0.6) is 5.75 Å². The van der Waals surface area contributed by atoms with E-state index in [-0.39, 0.29) is 0 Å². The fourth-order valence-corrected chi connectivity index (χ4v) is 1.80. The van der Waals surface area contributed by atoms with Gasteiger partial charge in [0.15, 0.2) is 0 Å². The molecule has 0 spiro atoms. The van der Waals surface area contributed by atoms with E-state index in [0.717, 1.165) is 44.8 Å². The van der Waals surface area contributed by atoms with Gasteiger partial charge in [-0.05, 0) is 43.6 Å². The van der Waals surface area contributed by atoms with Gasteiger partial charge in [0.25, 0.3) is 0 Å². The number of hydrogen-bond donors (Lipinski definition) is 2. The van der Waals surface area contributed by atoms with E-state index in [0.29, 0.717) is 6.04 Å². The van der Waals surface area contributed by atoms with Crippen LogP contribution in [0.3, 0.4) is 0 Å². The van der Waals surface area contributed by atoms with Crippen molar-refractivity contribution in [2.75, 3.05) is 19.7 Å². The van der Waals surface area contributed by atoms with Crippen LogP contribution in [0.25, 0.3) is 0 Å². The van der Waals surface area contributed by atoms with Gasteiger partial charge in [-0.1, -0.05) is 32.9 Å². The minimum atomic E-state index is 0.576. The SMILES string of the molecule is CCCOc1cccc(CNCCCNC(C)C)c1. The second kappa shape index (κ2) is 9.82. The minimum absolute atomic E-state index is 0.576. The first-order valence-electron chi connectivity index (χ1n) is 7.38. The Labute approximate surface area is 117 Å². The molecule has 19 heavy (non-hydrogen) atoms. The highest BCUT2D eigenvalue weighted by molar-refractivity contribution is 5.28. The highest BCUT2D eigenvalue weighted by Crippen LogP contribution is 2.13. The average Bonchev–Trinajstić information content (AvgIpc) is 2.40. The fourth-order valence-electron chi connectivity index (χ4n) is 1.80. The first-order chi connectivity index (χ1) is 9.22. The van der Waals surface area contributed by atoms with Crippen LogP contribution in [-0.4, -0.2) is 25.7 Å². The molecule has 108 valence electrons. The predicted molar refractivity (Wildman–Crippen MR) is 81.7 cm³/mol. The minimum Gasteiger partial charge on any atom is -0.494 e. The van der Waals surface area contributed by atoms with Crippen LogP contribution in [0.1, 0.15) is 39.2 Å². The smallest absolute Gasteiger partial charge is 0.119 e. The molecule has 3 nitrogen and oxygen atoms in total. The van der Waals surface area contributed by atoms with Gasteiger partial charge in [0.2, 0.25) is 0 Å². The Kier molecular flexibility index (Phi) is 8.26. The maximum atomic E-state index is 5.63. The summed E-state index contributed by atoms with van der Waals surface area (Å²) in [5.74, 6) is 0.975. The highest BCUT2D eigenvalue weighted by atomic mass is 16.5. The Morgan fingerprint density at radius 1 is 1.21 bits per heavy atom. The van der Waals surface area contributed by atoms with Gasteiger partial charge in [-0.15, -0.1) is 0 Å². The van der Waals surface area contributed by atoms with Crippen LogP contribution in [0.15, 0.2) is 24.3 Å². The molecule has 0 amide bonds. The maximum absolute atomic E-state index is 5.63. The lowest BCUT2D eigenvalue weighted by Gasteiger charge is -2.10.